The third-order valence-corrected chi connectivity index (χ3v) is 5.14. The zero-order valence-corrected chi connectivity index (χ0v) is 15.9. The number of alkyl halides is 3. The average molecular weight is 386 g/mol. The van der Waals surface area contributed by atoms with Crippen LogP contribution < -0.4 is 5.32 Å². The van der Waals surface area contributed by atoms with E-state index >= 15 is 0 Å². The third-order valence-electron chi connectivity index (χ3n) is 5.14. The van der Waals surface area contributed by atoms with Crippen molar-refractivity contribution in [2.45, 2.75) is 39.3 Å². The predicted molar refractivity (Wildman–Crippen MR) is 94.6 cm³/mol. The first kappa shape index (κ1) is 21.1. The maximum absolute atomic E-state index is 13.1. The zero-order valence-electron chi connectivity index (χ0n) is 15.9. The van der Waals surface area contributed by atoms with Crippen molar-refractivity contribution in [2.75, 3.05) is 19.6 Å². The Balaban J connectivity index is 2.06. The molecule has 2 rings (SSSR count). The lowest BCUT2D eigenvalue weighted by molar-refractivity contribution is -0.187. The summed E-state index contributed by atoms with van der Waals surface area (Å²) >= 11 is 0. The highest BCUT2D eigenvalue weighted by molar-refractivity contribution is 5.78. The monoisotopic (exact) mass is 386 g/mol. The van der Waals surface area contributed by atoms with E-state index in [4.69, 9.17) is 5.11 Å². The first-order chi connectivity index (χ1) is 12.3. The Kier molecular flexibility index (Phi) is 5.77. The van der Waals surface area contributed by atoms with Crippen LogP contribution in [0.2, 0.25) is 0 Å². The molecule has 150 valence electrons. The molecule has 1 heterocycles. The Morgan fingerprint density at radius 3 is 2.33 bits per heavy atom. The van der Waals surface area contributed by atoms with Crippen LogP contribution in [-0.4, -0.2) is 47.8 Å². The number of urea groups is 1. The van der Waals surface area contributed by atoms with E-state index in [1.807, 2.05) is 45.9 Å². The van der Waals surface area contributed by atoms with Crippen molar-refractivity contribution in [3.8, 4) is 0 Å². The van der Waals surface area contributed by atoms with Crippen molar-refractivity contribution in [1.82, 2.24) is 10.2 Å². The summed E-state index contributed by atoms with van der Waals surface area (Å²) in [4.78, 5) is 24.4. The van der Waals surface area contributed by atoms with Crippen LogP contribution in [0.1, 0.15) is 30.5 Å². The van der Waals surface area contributed by atoms with E-state index in [0.29, 0.717) is 0 Å². The molecule has 1 fully saturated rings. The fourth-order valence-electron chi connectivity index (χ4n) is 3.63. The number of hydrogen-bond acceptors (Lipinski definition) is 2. The van der Waals surface area contributed by atoms with Crippen molar-refractivity contribution in [2.24, 2.45) is 11.8 Å². The fraction of sp³-hybridized carbons (Fsp3) is 0.579. The molecule has 5 nitrogen and oxygen atoms in total. The van der Waals surface area contributed by atoms with E-state index in [9.17, 15) is 22.8 Å². The van der Waals surface area contributed by atoms with Crippen LogP contribution in [0.3, 0.4) is 0 Å². The van der Waals surface area contributed by atoms with Crippen molar-refractivity contribution in [3.63, 3.8) is 0 Å². The zero-order chi connectivity index (χ0) is 20.6. The molecule has 0 spiro atoms. The van der Waals surface area contributed by atoms with E-state index < -0.39 is 48.5 Å². The van der Waals surface area contributed by atoms with Gasteiger partial charge in [0.05, 0.1) is 11.8 Å². The number of halogens is 3. The molecular weight excluding hydrogens is 361 g/mol. The SMILES string of the molecule is Cc1ccc(C(C)(C)CNC(=O)N2C[C@@H](C(F)(F)F)[C@H](C(=O)O)C2)c(C)c1. The van der Waals surface area contributed by atoms with Crippen LogP contribution in [0.15, 0.2) is 18.2 Å². The van der Waals surface area contributed by atoms with E-state index in [1.165, 1.54) is 0 Å². The first-order valence-corrected chi connectivity index (χ1v) is 8.73. The molecule has 2 atom stereocenters. The Morgan fingerprint density at radius 1 is 1.22 bits per heavy atom. The number of likely N-dealkylation sites (tertiary alicyclic amines) is 1. The summed E-state index contributed by atoms with van der Waals surface area (Å²) in [5.74, 6) is -5.22. The van der Waals surface area contributed by atoms with Crippen LogP contribution in [0.25, 0.3) is 0 Å². The lowest BCUT2D eigenvalue weighted by atomic mass is 9.81. The van der Waals surface area contributed by atoms with Gasteiger partial charge in [-0.25, -0.2) is 4.79 Å². The molecule has 1 saturated heterocycles. The van der Waals surface area contributed by atoms with Crippen LogP contribution in [-0.2, 0) is 10.2 Å². The summed E-state index contributed by atoms with van der Waals surface area (Å²) in [6, 6.07) is 5.31. The second kappa shape index (κ2) is 7.40. The van der Waals surface area contributed by atoms with E-state index in [1.54, 1.807) is 0 Å². The van der Waals surface area contributed by atoms with Crippen molar-refractivity contribution in [1.29, 1.82) is 0 Å². The Morgan fingerprint density at radius 2 is 1.85 bits per heavy atom. The van der Waals surface area contributed by atoms with Gasteiger partial charge in [-0.1, -0.05) is 37.6 Å². The third kappa shape index (κ3) is 4.73. The summed E-state index contributed by atoms with van der Waals surface area (Å²) in [6.45, 7) is 6.96. The average Bonchev–Trinajstić information content (AvgIpc) is 2.98. The maximum Gasteiger partial charge on any atom is 0.394 e. The Hall–Kier alpha value is -2.25. The van der Waals surface area contributed by atoms with Gasteiger partial charge in [-0.05, 0) is 25.0 Å². The van der Waals surface area contributed by atoms with Gasteiger partial charge in [0.1, 0.15) is 0 Å². The fourth-order valence-corrected chi connectivity index (χ4v) is 3.63. The molecule has 1 aromatic rings. The first-order valence-electron chi connectivity index (χ1n) is 8.73. The number of carboxylic acid groups (broad SMARTS) is 1. The number of aryl methyl sites for hydroxylation is 2. The number of amides is 2. The number of carbonyl (C=O) groups excluding carboxylic acids is 1. The minimum Gasteiger partial charge on any atom is -0.481 e. The summed E-state index contributed by atoms with van der Waals surface area (Å²) in [6.07, 6.45) is -4.66. The van der Waals surface area contributed by atoms with Gasteiger partial charge < -0.3 is 15.3 Å². The number of benzene rings is 1. The number of nitrogens with zero attached hydrogens (tertiary/aromatic N) is 1. The topological polar surface area (TPSA) is 69.6 Å². The molecule has 1 aliphatic rings. The molecule has 0 saturated carbocycles. The van der Waals surface area contributed by atoms with Gasteiger partial charge >= 0.3 is 18.2 Å². The summed E-state index contributed by atoms with van der Waals surface area (Å²) in [5, 5.41) is 11.7. The smallest absolute Gasteiger partial charge is 0.394 e. The van der Waals surface area contributed by atoms with Crippen LogP contribution in [0, 0.1) is 25.7 Å². The largest absolute Gasteiger partial charge is 0.481 e. The van der Waals surface area contributed by atoms with E-state index in [-0.39, 0.29) is 6.54 Å². The number of nitrogens with one attached hydrogen (secondary N) is 1. The predicted octanol–water partition coefficient (Wildman–Crippen LogP) is 3.49. The lowest BCUT2D eigenvalue weighted by Gasteiger charge is -2.29. The van der Waals surface area contributed by atoms with Crippen molar-refractivity contribution in [3.05, 3.63) is 34.9 Å². The highest BCUT2D eigenvalue weighted by atomic mass is 19.4. The summed E-state index contributed by atoms with van der Waals surface area (Å²) in [5.41, 5.74) is 2.79. The van der Waals surface area contributed by atoms with Crippen molar-refractivity contribution >= 4 is 12.0 Å². The van der Waals surface area contributed by atoms with Crippen LogP contribution in [0.5, 0.6) is 0 Å². The molecule has 2 amide bonds. The van der Waals surface area contributed by atoms with Crippen LogP contribution in [0.4, 0.5) is 18.0 Å². The van der Waals surface area contributed by atoms with Gasteiger partial charge in [0.15, 0.2) is 0 Å². The van der Waals surface area contributed by atoms with E-state index in [0.717, 1.165) is 21.6 Å². The maximum atomic E-state index is 13.1. The van der Waals surface area contributed by atoms with Crippen molar-refractivity contribution < 1.29 is 27.9 Å². The molecule has 2 N–H and O–H groups in total. The van der Waals surface area contributed by atoms with Gasteiger partial charge in [-0.2, -0.15) is 13.2 Å². The second-order valence-corrected chi connectivity index (χ2v) is 7.86. The number of carboxylic acids is 1. The normalized spacial score (nSPS) is 20.6. The Labute approximate surface area is 156 Å². The van der Waals surface area contributed by atoms with Gasteiger partial charge in [-0.3, -0.25) is 4.79 Å². The Bertz CT molecular complexity index is 731. The number of aliphatic carboxylic acids is 1. The summed E-state index contributed by atoms with van der Waals surface area (Å²) in [7, 11) is 0. The molecule has 0 aromatic heterocycles. The minimum absolute atomic E-state index is 0.223. The summed E-state index contributed by atoms with van der Waals surface area (Å²) < 4.78 is 39.2. The lowest BCUT2D eigenvalue weighted by Crippen LogP contribution is -2.44. The molecule has 27 heavy (non-hydrogen) atoms. The standard InChI is InChI=1S/C19H25F3N2O3/c1-11-5-6-14(12(2)7-11)18(3,4)10-23-17(27)24-8-13(16(25)26)15(9-24)19(20,21)22/h5-7,13,15H,8-10H2,1-4H3,(H,23,27)(H,25,26)/t13-,15-/m1/s1. The van der Waals surface area contributed by atoms with E-state index in [2.05, 4.69) is 5.32 Å². The highest BCUT2D eigenvalue weighted by Gasteiger charge is 2.53. The van der Waals surface area contributed by atoms with Gasteiger partial charge in [0.25, 0.3) is 0 Å². The molecular formula is C19H25F3N2O3. The van der Waals surface area contributed by atoms with Gasteiger partial charge in [0.2, 0.25) is 0 Å². The second-order valence-electron chi connectivity index (χ2n) is 7.86. The molecule has 0 radical (unpaired) electrons. The molecule has 0 aliphatic carbocycles. The number of hydrogen-bond donors (Lipinski definition) is 2. The quantitative estimate of drug-likeness (QED) is 0.832. The molecule has 8 heteroatoms. The molecule has 1 aromatic carbocycles. The number of rotatable bonds is 4. The molecule has 0 unspecified atom stereocenters. The van der Waals surface area contributed by atoms with Crippen LogP contribution >= 0.6 is 0 Å². The van der Waals surface area contributed by atoms with Gasteiger partial charge in [-0.15, -0.1) is 0 Å². The highest BCUT2D eigenvalue weighted by Crippen LogP contribution is 2.37. The minimum atomic E-state index is -4.66. The van der Waals surface area contributed by atoms with Gasteiger partial charge in [0, 0.05) is 25.0 Å². The number of carbonyl (C=O) groups is 2. The molecule has 1 aliphatic heterocycles. The molecule has 0 bridgehead atoms.